The number of halogens is 1. The highest BCUT2D eigenvalue weighted by Crippen LogP contribution is 2.26. The number of sulfonamides is 1. The first-order chi connectivity index (χ1) is 18.0. The van der Waals surface area contributed by atoms with Gasteiger partial charge >= 0.3 is 0 Å². The normalized spacial score (nSPS) is 12.2. The third kappa shape index (κ3) is 7.35. The van der Waals surface area contributed by atoms with E-state index in [1.807, 2.05) is 52.0 Å². The van der Waals surface area contributed by atoms with Gasteiger partial charge in [0.15, 0.2) is 0 Å². The maximum Gasteiger partial charge on any atom is 0.264 e. The largest absolute Gasteiger partial charge is 0.352 e. The molecule has 2 amide bonds. The number of nitrogens with zero attached hydrogens (tertiary/aromatic N) is 2. The molecule has 0 saturated carbocycles. The molecule has 0 saturated heterocycles. The minimum atomic E-state index is -4.07. The van der Waals surface area contributed by atoms with Crippen molar-refractivity contribution in [3.63, 3.8) is 0 Å². The average molecular weight is 648 g/mol. The second-order valence-corrected chi connectivity index (χ2v) is 12.4. The lowest BCUT2D eigenvalue weighted by atomic mass is 10.1. The highest BCUT2D eigenvalue weighted by molar-refractivity contribution is 14.1. The molecule has 1 N–H and O–H groups in total. The molecular formula is C29H34IN3O4S. The molecule has 38 heavy (non-hydrogen) atoms. The first kappa shape index (κ1) is 29.6. The van der Waals surface area contributed by atoms with Gasteiger partial charge in [0.25, 0.3) is 10.0 Å². The minimum Gasteiger partial charge on any atom is -0.352 e. The van der Waals surface area contributed by atoms with Crippen LogP contribution in [0.25, 0.3) is 0 Å². The van der Waals surface area contributed by atoms with Gasteiger partial charge in [-0.2, -0.15) is 0 Å². The standard InChI is InChI=1S/C29H34IN3O4S/c1-5-27(29(35)31-21(2)3)32(19-23-12-10-9-11-22(23)4)28(34)20-33(25-17-15-24(30)16-18-25)38(36,37)26-13-7-6-8-14-26/h6-18,21,27H,5,19-20H2,1-4H3,(H,31,35)/t27-/m0/s1. The van der Waals surface area contributed by atoms with Crippen LogP contribution in [0, 0.1) is 10.5 Å². The first-order valence-electron chi connectivity index (χ1n) is 12.5. The highest BCUT2D eigenvalue weighted by Gasteiger charge is 2.34. The van der Waals surface area contributed by atoms with Crippen LogP contribution >= 0.6 is 22.6 Å². The number of carbonyl (C=O) groups excluding carboxylic acids is 2. The topological polar surface area (TPSA) is 86.8 Å². The molecule has 0 bridgehead atoms. The van der Waals surface area contributed by atoms with E-state index >= 15 is 0 Å². The number of rotatable bonds is 11. The van der Waals surface area contributed by atoms with E-state index in [2.05, 4.69) is 27.9 Å². The van der Waals surface area contributed by atoms with Gasteiger partial charge < -0.3 is 10.2 Å². The number of hydrogen-bond acceptors (Lipinski definition) is 4. The molecule has 0 aliphatic rings. The Morgan fingerprint density at radius 3 is 2.11 bits per heavy atom. The molecule has 0 aliphatic heterocycles. The Bertz CT molecular complexity index is 1350. The summed E-state index contributed by atoms with van der Waals surface area (Å²) >= 11 is 2.15. The highest BCUT2D eigenvalue weighted by atomic mass is 127. The molecule has 0 fully saturated rings. The van der Waals surface area contributed by atoms with Crippen molar-refractivity contribution in [3.05, 3.63) is 93.6 Å². The van der Waals surface area contributed by atoms with Gasteiger partial charge in [-0.25, -0.2) is 8.42 Å². The van der Waals surface area contributed by atoms with E-state index in [0.717, 1.165) is 19.0 Å². The van der Waals surface area contributed by atoms with Crippen molar-refractivity contribution in [1.82, 2.24) is 10.2 Å². The molecule has 0 spiro atoms. The summed E-state index contributed by atoms with van der Waals surface area (Å²) in [6.45, 7) is 7.26. The van der Waals surface area contributed by atoms with Crippen molar-refractivity contribution in [1.29, 1.82) is 0 Å². The molecule has 202 valence electrons. The Hall–Kier alpha value is -2.92. The number of benzene rings is 3. The molecule has 0 heterocycles. The van der Waals surface area contributed by atoms with Crippen molar-refractivity contribution in [3.8, 4) is 0 Å². The van der Waals surface area contributed by atoms with Gasteiger partial charge in [0.1, 0.15) is 12.6 Å². The molecule has 3 rings (SSSR count). The lowest BCUT2D eigenvalue weighted by molar-refractivity contribution is -0.140. The van der Waals surface area contributed by atoms with Crippen molar-refractivity contribution in [2.75, 3.05) is 10.8 Å². The average Bonchev–Trinajstić information content (AvgIpc) is 2.88. The molecule has 3 aromatic rings. The van der Waals surface area contributed by atoms with Crippen LogP contribution in [0.15, 0.2) is 83.8 Å². The molecule has 3 aromatic carbocycles. The number of anilines is 1. The fraction of sp³-hybridized carbons (Fsp3) is 0.310. The predicted octanol–water partition coefficient (Wildman–Crippen LogP) is 5.13. The van der Waals surface area contributed by atoms with Gasteiger partial charge in [-0.3, -0.25) is 13.9 Å². The van der Waals surface area contributed by atoms with E-state index in [9.17, 15) is 18.0 Å². The molecule has 9 heteroatoms. The first-order valence-corrected chi connectivity index (χ1v) is 15.0. The van der Waals surface area contributed by atoms with Crippen LogP contribution < -0.4 is 9.62 Å². The quantitative estimate of drug-likeness (QED) is 0.293. The molecule has 7 nitrogen and oxygen atoms in total. The second kappa shape index (κ2) is 13.2. The van der Waals surface area contributed by atoms with Crippen LogP contribution in [0.2, 0.25) is 0 Å². The van der Waals surface area contributed by atoms with E-state index in [4.69, 9.17) is 0 Å². The van der Waals surface area contributed by atoms with Crippen molar-refractivity contribution < 1.29 is 18.0 Å². The predicted molar refractivity (Wildman–Crippen MR) is 159 cm³/mol. The zero-order chi connectivity index (χ0) is 27.9. The lowest BCUT2D eigenvalue weighted by Gasteiger charge is -2.34. The molecule has 0 aromatic heterocycles. The van der Waals surface area contributed by atoms with E-state index < -0.39 is 28.5 Å². The number of hydrogen-bond donors (Lipinski definition) is 1. The summed E-state index contributed by atoms with van der Waals surface area (Å²) in [5.74, 6) is -0.728. The Labute approximate surface area is 239 Å². The van der Waals surface area contributed by atoms with Crippen LogP contribution in [0.4, 0.5) is 5.69 Å². The zero-order valence-electron chi connectivity index (χ0n) is 22.1. The number of carbonyl (C=O) groups is 2. The molecule has 0 radical (unpaired) electrons. The molecule has 0 unspecified atom stereocenters. The molecule has 0 aliphatic carbocycles. The Kier molecular flexibility index (Phi) is 10.3. The maximum atomic E-state index is 14.0. The summed E-state index contributed by atoms with van der Waals surface area (Å²) in [5.41, 5.74) is 2.25. The van der Waals surface area contributed by atoms with Gasteiger partial charge in [-0.05, 0) is 97.3 Å². The summed E-state index contributed by atoms with van der Waals surface area (Å²) in [7, 11) is -4.07. The van der Waals surface area contributed by atoms with E-state index in [0.29, 0.717) is 12.1 Å². The second-order valence-electron chi connectivity index (χ2n) is 9.34. The number of aryl methyl sites for hydroxylation is 1. The summed E-state index contributed by atoms with van der Waals surface area (Å²) in [5, 5.41) is 2.91. The van der Waals surface area contributed by atoms with Gasteiger partial charge in [-0.1, -0.05) is 49.4 Å². The monoisotopic (exact) mass is 647 g/mol. The van der Waals surface area contributed by atoms with Gasteiger partial charge in [0.05, 0.1) is 10.6 Å². The third-order valence-electron chi connectivity index (χ3n) is 6.14. The fourth-order valence-electron chi connectivity index (χ4n) is 4.13. The van der Waals surface area contributed by atoms with E-state index in [-0.39, 0.29) is 23.4 Å². The van der Waals surface area contributed by atoms with E-state index in [1.54, 1.807) is 42.5 Å². The summed E-state index contributed by atoms with van der Waals surface area (Å²) in [6, 6.07) is 21.8. The Morgan fingerprint density at radius 2 is 1.53 bits per heavy atom. The fourth-order valence-corrected chi connectivity index (χ4v) is 5.92. The SMILES string of the molecule is CC[C@@H](C(=O)NC(C)C)N(Cc1ccccc1C)C(=O)CN(c1ccc(I)cc1)S(=O)(=O)c1ccccc1. The number of amides is 2. The Morgan fingerprint density at radius 1 is 0.921 bits per heavy atom. The van der Waals surface area contributed by atoms with Crippen molar-refractivity contribution in [2.24, 2.45) is 0 Å². The van der Waals surface area contributed by atoms with Crippen molar-refractivity contribution in [2.45, 2.75) is 57.6 Å². The van der Waals surface area contributed by atoms with Crippen molar-refractivity contribution >= 4 is 50.1 Å². The van der Waals surface area contributed by atoms with Crippen LogP contribution in [-0.4, -0.2) is 43.8 Å². The lowest BCUT2D eigenvalue weighted by Crippen LogP contribution is -2.53. The van der Waals surface area contributed by atoms with Crippen LogP contribution in [0.1, 0.15) is 38.3 Å². The maximum absolute atomic E-state index is 14.0. The molecular weight excluding hydrogens is 613 g/mol. The summed E-state index contributed by atoms with van der Waals surface area (Å²) in [4.78, 5) is 28.8. The van der Waals surface area contributed by atoms with Gasteiger partial charge in [0, 0.05) is 16.2 Å². The molecule has 1 atom stereocenters. The van der Waals surface area contributed by atoms with Gasteiger partial charge in [0.2, 0.25) is 11.8 Å². The Balaban J connectivity index is 2.06. The summed E-state index contributed by atoms with van der Waals surface area (Å²) < 4.78 is 29.6. The van der Waals surface area contributed by atoms with Crippen LogP contribution in [0.3, 0.4) is 0 Å². The smallest absolute Gasteiger partial charge is 0.264 e. The van der Waals surface area contributed by atoms with Crippen LogP contribution in [-0.2, 0) is 26.2 Å². The third-order valence-corrected chi connectivity index (χ3v) is 8.65. The summed E-state index contributed by atoms with van der Waals surface area (Å²) in [6.07, 6.45) is 0.380. The van der Waals surface area contributed by atoms with E-state index in [1.165, 1.54) is 17.0 Å². The minimum absolute atomic E-state index is 0.0846. The van der Waals surface area contributed by atoms with Crippen LogP contribution in [0.5, 0.6) is 0 Å². The number of nitrogens with one attached hydrogen (secondary N) is 1. The zero-order valence-corrected chi connectivity index (χ0v) is 25.1. The van der Waals surface area contributed by atoms with Gasteiger partial charge in [-0.15, -0.1) is 0 Å².